The van der Waals surface area contributed by atoms with Gasteiger partial charge in [-0.2, -0.15) is 0 Å². The summed E-state index contributed by atoms with van der Waals surface area (Å²) in [4.78, 5) is 22.0. The van der Waals surface area contributed by atoms with Gasteiger partial charge < -0.3 is 0 Å². The summed E-state index contributed by atoms with van der Waals surface area (Å²) in [5.74, 6) is 2.36. The van der Waals surface area contributed by atoms with Crippen molar-refractivity contribution in [1.82, 2.24) is 0 Å². The van der Waals surface area contributed by atoms with Crippen LogP contribution < -0.4 is 0 Å². The zero-order valence-electron chi connectivity index (χ0n) is 9.39. The van der Waals surface area contributed by atoms with Crippen molar-refractivity contribution >= 4 is 19.6 Å². The number of carbonyl (C=O) groups is 2. The second kappa shape index (κ2) is 4.92. The molecule has 0 spiro atoms. The summed E-state index contributed by atoms with van der Waals surface area (Å²) in [6.45, 7) is 9.08. The van der Waals surface area contributed by atoms with Crippen molar-refractivity contribution in [1.29, 1.82) is 0 Å². The molecule has 0 amide bonds. The maximum Gasteiger partial charge on any atom is 0.164 e. The largest absolute Gasteiger partial charge is 0.294 e. The van der Waals surface area contributed by atoms with Crippen molar-refractivity contribution in [2.24, 2.45) is 0 Å². The van der Waals surface area contributed by atoms with Gasteiger partial charge in [-0.15, -0.1) is 5.54 Å². The third-order valence-corrected chi connectivity index (χ3v) is 2.32. The molecule has 0 radical (unpaired) electrons. The molecule has 0 saturated heterocycles. The highest BCUT2D eigenvalue weighted by atomic mass is 28.3. The Morgan fingerprint density at radius 3 is 1.79 bits per heavy atom. The minimum Gasteiger partial charge on any atom is -0.294 e. The van der Waals surface area contributed by atoms with Crippen LogP contribution in [0.2, 0.25) is 19.6 Å². The standard InChI is InChI=1S/C11H16O2Si/c1-9(12)11(10(2)13)7-6-8-14(3,4)5/h7H,1-5H3. The van der Waals surface area contributed by atoms with Crippen LogP contribution in [0.1, 0.15) is 13.8 Å². The molecule has 0 aliphatic heterocycles. The Kier molecular flexibility index (Phi) is 4.52. The van der Waals surface area contributed by atoms with Crippen molar-refractivity contribution in [3.8, 4) is 11.5 Å². The van der Waals surface area contributed by atoms with Crippen molar-refractivity contribution in [3.05, 3.63) is 11.6 Å². The van der Waals surface area contributed by atoms with Crippen LogP contribution in [-0.2, 0) is 9.59 Å². The molecule has 0 N–H and O–H groups in total. The van der Waals surface area contributed by atoms with Crippen LogP contribution in [0.3, 0.4) is 0 Å². The van der Waals surface area contributed by atoms with E-state index in [4.69, 9.17) is 0 Å². The van der Waals surface area contributed by atoms with Crippen LogP contribution in [0.15, 0.2) is 11.6 Å². The van der Waals surface area contributed by atoms with Crippen LogP contribution in [0.4, 0.5) is 0 Å². The van der Waals surface area contributed by atoms with Gasteiger partial charge in [-0.3, -0.25) is 9.59 Å². The number of allylic oxidation sites excluding steroid dienone is 2. The van der Waals surface area contributed by atoms with E-state index in [1.54, 1.807) is 0 Å². The highest BCUT2D eigenvalue weighted by Crippen LogP contribution is 1.99. The Hall–Kier alpha value is -1.14. The first-order chi connectivity index (χ1) is 6.24. The van der Waals surface area contributed by atoms with E-state index < -0.39 is 8.07 Å². The van der Waals surface area contributed by atoms with Crippen LogP contribution in [-0.4, -0.2) is 19.6 Å². The molecule has 0 saturated carbocycles. The molecule has 14 heavy (non-hydrogen) atoms. The van der Waals surface area contributed by atoms with Gasteiger partial charge in [0, 0.05) is 6.08 Å². The van der Waals surface area contributed by atoms with E-state index in [0.717, 1.165) is 0 Å². The van der Waals surface area contributed by atoms with Gasteiger partial charge in [0.2, 0.25) is 0 Å². The summed E-state index contributed by atoms with van der Waals surface area (Å²) in [7, 11) is -1.42. The number of carbonyl (C=O) groups excluding carboxylic acids is 2. The number of Topliss-reactive ketones (excluding diaryl/α,β-unsaturated/α-hetero) is 2. The van der Waals surface area contributed by atoms with Gasteiger partial charge in [-0.05, 0) is 13.8 Å². The number of hydrogen-bond acceptors (Lipinski definition) is 2. The second-order valence-electron chi connectivity index (χ2n) is 4.19. The molecule has 2 nitrogen and oxygen atoms in total. The minimum atomic E-state index is -1.42. The van der Waals surface area contributed by atoms with Gasteiger partial charge in [-0.25, -0.2) is 0 Å². The zero-order chi connectivity index (χ0) is 11.4. The van der Waals surface area contributed by atoms with Crippen LogP contribution in [0.5, 0.6) is 0 Å². The molecule has 0 aromatic heterocycles. The lowest BCUT2D eigenvalue weighted by molar-refractivity contribution is -0.119. The molecular formula is C11H16O2Si. The van der Waals surface area contributed by atoms with E-state index in [1.807, 2.05) is 0 Å². The Morgan fingerprint density at radius 1 is 1.07 bits per heavy atom. The van der Waals surface area contributed by atoms with Crippen molar-refractivity contribution in [3.63, 3.8) is 0 Å². The van der Waals surface area contributed by atoms with Crippen molar-refractivity contribution in [2.75, 3.05) is 0 Å². The highest BCUT2D eigenvalue weighted by Gasteiger charge is 2.09. The predicted molar refractivity (Wildman–Crippen MR) is 60.6 cm³/mol. The fraction of sp³-hybridized carbons (Fsp3) is 0.455. The lowest BCUT2D eigenvalue weighted by atomic mass is 10.1. The summed E-state index contributed by atoms with van der Waals surface area (Å²) >= 11 is 0. The summed E-state index contributed by atoms with van der Waals surface area (Å²) in [5, 5.41) is 0. The quantitative estimate of drug-likeness (QED) is 0.229. The molecule has 0 heterocycles. The fourth-order valence-corrected chi connectivity index (χ4v) is 1.28. The third-order valence-electron chi connectivity index (χ3n) is 1.42. The van der Waals surface area contributed by atoms with Gasteiger partial charge in [0.1, 0.15) is 8.07 Å². The Labute approximate surface area is 86.4 Å². The highest BCUT2D eigenvalue weighted by molar-refractivity contribution is 6.83. The maximum absolute atomic E-state index is 11.0. The van der Waals surface area contributed by atoms with Gasteiger partial charge in [0.25, 0.3) is 0 Å². The molecule has 0 rings (SSSR count). The lowest BCUT2D eigenvalue weighted by Gasteiger charge is -2.02. The molecule has 0 fully saturated rings. The topological polar surface area (TPSA) is 34.1 Å². The average Bonchev–Trinajstić information content (AvgIpc) is 1.94. The molecule has 0 aliphatic carbocycles. The summed E-state index contributed by atoms with van der Waals surface area (Å²) < 4.78 is 0. The molecule has 3 heteroatoms. The van der Waals surface area contributed by atoms with E-state index in [2.05, 4.69) is 31.1 Å². The first kappa shape index (κ1) is 12.9. The van der Waals surface area contributed by atoms with Crippen LogP contribution >= 0.6 is 0 Å². The Balaban J connectivity index is 4.86. The van der Waals surface area contributed by atoms with Gasteiger partial charge in [0.15, 0.2) is 11.6 Å². The number of rotatable bonds is 2. The Bertz CT molecular complexity index is 319. The van der Waals surface area contributed by atoms with E-state index in [1.165, 1.54) is 19.9 Å². The normalized spacial score (nSPS) is 9.79. The molecule has 0 atom stereocenters. The SMILES string of the molecule is CC(=O)C(=CC#C[Si](C)(C)C)C(C)=O. The van der Waals surface area contributed by atoms with Crippen LogP contribution in [0, 0.1) is 11.5 Å². The number of hydrogen-bond donors (Lipinski definition) is 0. The first-order valence-electron chi connectivity index (χ1n) is 4.49. The molecule has 0 bridgehead atoms. The summed E-state index contributed by atoms with van der Waals surface area (Å²) in [6, 6.07) is 0. The zero-order valence-corrected chi connectivity index (χ0v) is 10.4. The summed E-state index contributed by atoms with van der Waals surface area (Å²) in [6.07, 6.45) is 1.43. The van der Waals surface area contributed by atoms with Crippen molar-refractivity contribution in [2.45, 2.75) is 33.5 Å². The predicted octanol–water partition coefficient (Wildman–Crippen LogP) is 1.97. The molecule has 0 unspecified atom stereocenters. The first-order valence-corrected chi connectivity index (χ1v) is 7.99. The van der Waals surface area contributed by atoms with Crippen LogP contribution in [0.25, 0.3) is 0 Å². The van der Waals surface area contributed by atoms with E-state index in [0.29, 0.717) is 0 Å². The molecule has 0 aromatic rings. The smallest absolute Gasteiger partial charge is 0.164 e. The number of ketones is 2. The van der Waals surface area contributed by atoms with E-state index in [-0.39, 0.29) is 17.1 Å². The monoisotopic (exact) mass is 208 g/mol. The van der Waals surface area contributed by atoms with Gasteiger partial charge in [0.05, 0.1) is 5.57 Å². The fourth-order valence-electron chi connectivity index (χ4n) is 0.776. The van der Waals surface area contributed by atoms with Crippen molar-refractivity contribution < 1.29 is 9.59 Å². The average molecular weight is 208 g/mol. The third kappa shape index (κ3) is 5.49. The van der Waals surface area contributed by atoms with E-state index in [9.17, 15) is 9.59 Å². The summed E-state index contributed by atoms with van der Waals surface area (Å²) in [5.41, 5.74) is 3.26. The molecular weight excluding hydrogens is 192 g/mol. The second-order valence-corrected chi connectivity index (χ2v) is 8.94. The van der Waals surface area contributed by atoms with E-state index >= 15 is 0 Å². The Morgan fingerprint density at radius 2 is 1.50 bits per heavy atom. The molecule has 76 valence electrons. The maximum atomic E-state index is 11.0. The van der Waals surface area contributed by atoms with Gasteiger partial charge in [-0.1, -0.05) is 25.6 Å². The van der Waals surface area contributed by atoms with Gasteiger partial charge >= 0.3 is 0 Å². The molecule has 0 aliphatic rings. The molecule has 0 aromatic carbocycles. The minimum absolute atomic E-state index is 0.191. The lowest BCUT2D eigenvalue weighted by Crippen LogP contribution is -2.16.